The molecule has 0 bridgehead atoms. The lowest BCUT2D eigenvalue weighted by atomic mass is 10.0. The summed E-state index contributed by atoms with van der Waals surface area (Å²) in [5.41, 5.74) is 3.49. The van der Waals surface area contributed by atoms with Gasteiger partial charge in [0.25, 0.3) is 0 Å². The number of hydrogen-bond acceptors (Lipinski definition) is 6. The van der Waals surface area contributed by atoms with E-state index in [2.05, 4.69) is 5.16 Å². The summed E-state index contributed by atoms with van der Waals surface area (Å²) in [6.07, 6.45) is -0.200. The number of hydrogen-bond donors (Lipinski definition) is 1. The average molecular weight is 371 g/mol. The highest BCUT2D eigenvalue weighted by molar-refractivity contribution is 5.98. The largest absolute Gasteiger partial charge is 0.508 e. The van der Waals surface area contributed by atoms with E-state index in [1.807, 2.05) is 38.1 Å². The van der Waals surface area contributed by atoms with Crippen molar-refractivity contribution in [1.29, 1.82) is 0 Å². The van der Waals surface area contributed by atoms with Gasteiger partial charge in [-0.05, 0) is 48.7 Å². The Balaban J connectivity index is 2.01. The minimum absolute atomic E-state index is 0.215. The van der Waals surface area contributed by atoms with Gasteiger partial charge in [0.2, 0.25) is 0 Å². The molecule has 0 aromatic heterocycles. The Bertz CT molecular complexity index is 770. The third-order valence-electron chi connectivity index (χ3n) is 3.97. The van der Waals surface area contributed by atoms with Crippen molar-refractivity contribution < 1.29 is 24.2 Å². The highest BCUT2D eigenvalue weighted by Gasteiger charge is 2.20. The molecule has 0 saturated heterocycles. The van der Waals surface area contributed by atoms with Crippen LogP contribution in [0.15, 0.2) is 53.7 Å². The molecule has 2 aromatic carbocycles. The van der Waals surface area contributed by atoms with Crippen molar-refractivity contribution >= 4 is 11.7 Å². The summed E-state index contributed by atoms with van der Waals surface area (Å²) in [5, 5.41) is 13.4. The number of carbonyl (C=O) groups is 1. The van der Waals surface area contributed by atoms with E-state index in [1.165, 1.54) is 7.11 Å². The molecule has 0 spiro atoms. The van der Waals surface area contributed by atoms with E-state index < -0.39 is 6.10 Å². The number of carbonyl (C=O) groups excluding carboxylic acids is 1. The van der Waals surface area contributed by atoms with Gasteiger partial charge in [0.1, 0.15) is 12.4 Å². The first-order valence-electron chi connectivity index (χ1n) is 8.76. The lowest BCUT2D eigenvalue weighted by molar-refractivity contribution is -0.153. The molecule has 27 heavy (non-hydrogen) atoms. The number of benzene rings is 2. The first-order chi connectivity index (χ1) is 13.0. The van der Waals surface area contributed by atoms with E-state index in [1.54, 1.807) is 24.3 Å². The first-order valence-corrected chi connectivity index (χ1v) is 8.76. The predicted octanol–water partition coefficient (Wildman–Crippen LogP) is 3.45. The molecule has 0 fully saturated rings. The van der Waals surface area contributed by atoms with Crippen LogP contribution in [0.4, 0.5) is 0 Å². The van der Waals surface area contributed by atoms with Gasteiger partial charge < -0.3 is 19.4 Å². The molecular weight excluding hydrogens is 346 g/mol. The maximum atomic E-state index is 11.8. The molecule has 0 saturated carbocycles. The number of methoxy groups -OCH3 is 1. The molecule has 1 N–H and O–H groups in total. The van der Waals surface area contributed by atoms with Crippen LogP contribution in [0.5, 0.6) is 5.75 Å². The fourth-order valence-corrected chi connectivity index (χ4v) is 2.53. The topological polar surface area (TPSA) is 77.4 Å². The fourth-order valence-electron chi connectivity index (χ4n) is 2.53. The highest BCUT2D eigenvalue weighted by atomic mass is 16.6. The number of phenolic OH excluding ortho intramolecular Hbond substituents is 1. The summed E-state index contributed by atoms with van der Waals surface area (Å²) < 4.78 is 10.3. The van der Waals surface area contributed by atoms with Crippen molar-refractivity contribution in [3.8, 4) is 5.75 Å². The molecule has 0 heterocycles. The smallest absolute Gasteiger partial charge is 0.335 e. The standard InChI is InChI=1S/C21H25NO5/c1-4-26-20(21(24)25-3)13-17-6-5-7-18(12-17)15(2)22-27-14-16-8-10-19(23)11-9-16/h5-12,20,23H,4,13-14H2,1-3H3/b22-15+/t20-/m0/s1. The number of ether oxygens (including phenoxy) is 2. The zero-order valence-corrected chi connectivity index (χ0v) is 15.8. The number of rotatable bonds is 9. The van der Waals surface area contributed by atoms with Crippen LogP contribution in [0.25, 0.3) is 0 Å². The van der Waals surface area contributed by atoms with Gasteiger partial charge in [-0.25, -0.2) is 4.79 Å². The number of phenols is 1. The van der Waals surface area contributed by atoms with Crippen LogP contribution in [-0.2, 0) is 32.1 Å². The molecule has 6 heteroatoms. The number of esters is 1. The van der Waals surface area contributed by atoms with Crippen molar-refractivity contribution in [1.82, 2.24) is 0 Å². The Kier molecular flexibility index (Phi) is 7.82. The van der Waals surface area contributed by atoms with Gasteiger partial charge in [0, 0.05) is 13.0 Å². The molecule has 2 aromatic rings. The number of oxime groups is 1. The molecule has 144 valence electrons. The van der Waals surface area contributed by atoms with Crippen LogP contribution in [0.2, 0.25) is 0 Å². The van der Waals surface area contributed by atoms with Crippen LogP contribution in [-0.4, -0.2) is 36.6 Å². The molecule has 0 aliphatic rings. The van der Waals surface area contributed by atoms with Gasteiger partial charge in [-0.1, -0.05) is 35.5 Å². The van der Waals surface area contributed by atoms with Gasteiger partial charge in [-0.15, -0.1) is 0 Å². The van der Waals surface area contributed by atoms with Crippen molar-refractivity contribution in [2.45, 2.75) is 33.0 Å². The van der Waals surface area contributed by atoms with Crippen LogP contribution >= 0.6 is 0 Å². The van der Waals surface area contributed by atoms with Crippen molar-refractivity contribution in [2.75, 3.05) is 13.7 Å². The fraction of sp³-hybridized carbons (Fsp3) is 0.333. The Morgan fingerprint density at radius 2 is 1.89 bits per heavy atom. The van der Waals surface area contributed by atoms with E-state index in [9.17, 15) is 9.90 Å². The van der Waals surface area contributed by atoms with Gasteiger partial charge in [-0.2, -0.15) is 0 Å². The Morgan fingerprint density at radius 1 is 1.15 bits per heavy atom. The van der Waals surface area contributed by atoms with Crippen molar-refractivity contribution in [3.63, 3.8) is 0 Å². The SMILES string of the molecule is CCO[C@@H](Cc1cccc(/C(C)=N/OCc2ccc(O)cc2)c1)C(=O)OC. The lowest BCUT2D eigenvalue weighted by Crippen LogP contribution is -2.28. The molecule has 0 aliphatic heterocycles. The monoisotopic (exact) mass is 371 g/mol. The normalized spacial score (nSPS) is 12.5. The van der Waals surface area contributed by atoms with E-state index >= 15 is 0 Å². The molecule has 0 radical (unpaired) electrons. The van der Waals surface area contributed by atoms with E-state index in [0.29, 0.717) is 19.6 Å². The number of nitrogens with zero attached hydrogens (tertiary/aromatic N) is 1. The van der Waals surface area contributed by atoms with Crippen molar-refractivity contribution in [2.24, 2.45) is 5.16 Å². The molecule has 0 amide bonds. The maximum Gasteiger partial charge on any atom is 0.335 e. The van der Waals surface area contributed by atoms with E-state index in [-0.39, 0.29) is 11.7 Å². The molecule has 1 atom stereocenters. The molecule has 0 unspecified atom stereocenters. The second-order valence-electron chi connectivity index (χ2n) is 5.99. The summed E-state index contributed by atoms with van der Waals surface area (Å²) in [4.78, 5) is 17.2. The lowest BCUT2D eigenvalue weighted by Gasteiger charge is -2.15. The summed E-state index contributed by atoms with van der Waals surface area (Å²) in [6.45, 7) is 4.45. The van der Waals surface area contributed by atoms with E-state index in [0.717, 1.165) is 22.4 Å². The predicted molar refractivity (Wildman–Crippen MR) is 103 cm³/mol. The van der Waals surface area contributed by atoms with Gasteiger partial charge in [0.15, 0.2) is 6.10 Å². The first kappa shape index (κ1) is 20.5. The van der Waals surface area contributed by atoms with Crippen molar-refractivity contribution in [3.05, 3.63) is 65.2 Å². The van der Waals surface area contributed by atoms with Crippen LogP contribution < -0.4 is 0 Å². The van der Waals surface area contributed by atoms with Crippen LogP contribution in [0, 0.1) is 0 Å². The third-order valence-corrected chi connectivity index (χ3v) is 3.97. The maximum absolute atomic E-state index is 11.8. The molecule has 0 aliphatic carbocycles. The van der Waals surface area contributed by atoms with Gasteiger partial charge in [0.05, 0.1) is 12.8 Å². The van der Waals surface area contributed by atoms with Crippen LogP contribution in [0.3, 0.4) is 0 Å². The second kappa shape index (κ2) is 10.3. The summed E-state index contributed by atoms with van der Waals surface area (Å²) in [7, 11) is 1.35. The Hall–Kier alpha value is -2.86. The quantitative estimate of drug-likeness (QED) is 0.415. The molecule has 2 rings (SSSR count). The number of aromatic hydroxyl groups is 1. The second-order valence-corrected chi connectivity index (χ2v) is 5.99. The van der Waals surface area contributed by atoms with Gasteiger partial charge in [-0.3, -0.25) is 0 Å². The van der Waals surface area contributed by atoms with Crippen LogP contribution in [0.1, 0.15) is 30.5 Å². The molecule has 6 nitrogen and oxygen atoms in total. The Labute approximate surface area is 159 Å². The average Bonchev–Trinajstić information content (AvgIpc) is 2.68. The summed E-state index contributed by atoms with van der Waals surface area (Å²) in [6, 6.07) is 14.5. The molecular formula is C21H25NO5. The zero-order valence-electron chi connectivity index (χ0n) is 15.8. The summed E-state index contributed by atoms with van der Waals surface area (Å²) >= 11 is 0. The van der Waals surface area contributed by atoms with E-state index in [4.69, 9.17) is 14.3 Å². The summed E-state index contributed by atoms with van der Waals surface area (Å²) in [5.74, 6) is -0.169. The zero-order chi connectivity index (χ0) is 19.6. The minimum Gasteiger partial charge on any atom is -0.508 e. The Morgan fingerprint density at radius 3 is 2.56 bits per heavy atom. The third kappa shape index (κ3) is 6.42. The highest BCUT2D eigenvalue weighted by Crippen LogP contribution is 2.13. The minimum atomic E-state index is -0.627. The van der Waals surface area contributed by atoms with Gasteiger partial charge >= 0.3 is 5.97 Å².